The predicted molar refractivity (Wildman–Crippen MR) is 49.0 cm³/mol. The highest BCUT2D eigenvalue weighted by molar-refractivity contribution is 5.43. The van der Waals surface area contributed by atoms with Crippen molar-refractivity contribution < 1.29 is 4.84 Å². The largest absolute Gasteiger partial charge is 0.273 e. The van der Waals surface area contributed by atoms with Gasteiger partial charge in [0.15, 0.2) is 0 Å². The Morgan fingerprint density at radius 2 is 1.92 bits per heavy atom. The van der Waals surface area contributed by atoms with Crippen molar-refractivity contribution in [3.05, 3.63) is 30.3 Å². The van der Waals surface area contributed by atoms with E-state index in [4.69, 9.17) is 4.84 Å². The first-order valence-corrected chi connectivity index (χ1v) is 4.42. The van der Waals surface area contributed by atoms with Crippen LogP contribution in [0.2, 0.25) is 0 Å². The van der Waals surface area contributed by atoms with Crippen molar-refractivity contribution in [2.24, 2.45) is 0 Å². The first-order chi connectivity index (χ1) is 5.97. The molecule has 1 aromatic rings. The van der Waals surface area contributed by atoms with Gasteiger partial charge in [-0.15, -0.1) is 0 Å². The molecule has 0 spiro atoms. The molecule has 1 fully saturated rings. The maximum absolute atomic E-state index is 5.50. The van der Waals surface area contributed by atoms with Gasteiger partial charge in [0.25, 0.3) is 0 Å². The van der Waals surface area contributed by atoms with Crippen LogP contribution in [0.4, 0.5) is 5.69 Å². The van der Waals surface area contributed by atoms with E-state index in [9.17, 15) is 0 Å². The molecule has 1 aromatic carbocycles. The molecule has 0 aromatic heterocycles. The van der Waals surface area contributed by atoms with Gasteiger partial charge in [0, 0.05) is 6.54 Å². The molecule has 1 aliphatic rings. The SMILES string of the molecule is c1ccc(N2CCCCO2)cc1. The van der Waals surface area contributed by atoms with E-state index >= 15 is 0 Å². The monoisotopic (exact) mass is 163 g/mol. The van der Waals surface area contributed by atoms with Crippen molar-refractivity contribution in [2.45, 2.75) is 12.8 Å². The molecule has 12 heavy (non-hydrogen) atoms. The maximum Gasteiger partial charge on any atom is 0.0749 e. The molecule has 64 valence electrons. The van der Waals surface area contributed by atoms with Crippen LogP contribution in [0.3, 0.4) is 0 Å². The number of rotatable bonds is 1. The van der Waals surface area contributed by atoms with Crippen molar-refractivity contribution in [2.75, 3.05) is 18.2 Å². The minimum atomic E-state index is 0.856. The van der Waals surface area contributed by atoms with Gasteiger partial charge in [-0.1, -0.05) is 18.2 Å². The van der Waals surface area contributed by atoms with Crippen molar-refractivity contribution in [1.29, 1.82) is 0 Å². The number of hydroxylamine groups is 1. The molecule has 1 heterocycles. The van der Waals surface area contributed by atoms with Crippen molar-refractivity contribution >= 4 is 5.69 Å². The van der Waals surface area contributed by atoms with Gasteiger partial charge in [-0.25, -0.2) is 0 Å². The highest BCUT2D eigenvalue weighted by Crippen LogP contribution is 2.17. The van der Waals surface area contributed by atoms with Crippen molar-refractivity contribution in [3.8, 4) is 0 Å². The number of anilines is 1. The fraction of sp³-hybridized carbons (Fsp3) is 0.400. The predicted octanol–water partition coefficient (Wildman–Crippen LogP) is 2.22. The average molecular weight is 163 g/mol. The normalized spacial score (nSPS) is 17.8. The van der Waals surface area contributed by atoms with Crippen LogP contribution < -0.4 is 5.06 Å². The highest BCUT2D eigenvalue weighted by atomic mass is 16.7. The van der Waals surface area contributed by atoms with Crippen LogP contribution in [0.15, 0.2) is 30.3 Å². The summed E-state index contributed by atoms with van der Waals surface area (Å²) in [5.41, 5.74) is 1.16. The fourth-order valence-corrected chi connectivity index (χ4v) is 1.39. The van der Waals surface area contributed by atoms with Crippen LogP contribution in [0.1, 0.15) is 12.8 Å². The van der Waals surface area contributed by atoms with Gasteiger partial charge < -0.3 is 0 Å². The smallest absolute Gasteiger partial charge is 0.0749 e. The van der Waals surface area contributed by atoms with Crippen molar-refractivity contribution in [1.82, 2.24) is 0 Å². The topological polar surface area (TPSA) is 12.5 Å². The van der Waals surface area contributed by atoms with Crippen molar-refractivity contribution in [3.63, 3.8) is 0 Å². The van der Waals surface area contributed by atoms with E-state index in [2.05, 4.69) is 12.1 Å². The third-order valence-electron chi connectivity index (χ3n) is 2.05. The van der Waals surface area contributed by atoms with Crippen LogP contribution in [0.25, 0.3) is 0 Å². The van der Waals surface area contributed by atoms with E-state index in [1.54, 1.807) is 0 Å². The zero-order valence-electron chi connectivity index (χ0n) is 7.07. The van der Waals surface area contributed by atoms with E-state index in [0.29, 0.717) is 0 Å². The van der Waals surface area contributed by atoms with Gasteiger partial charge >= 0.3 is 0 Å². The Kier molecular flexibility index (Phi) is 2.28. The standard InChI is InChI=1S/C10H13NO/c1-2-6-10(7-3-1)11-8-4-5-9-12-11/h1-3,6-7H,4-5,8-9H2. The number of hydrogen-bond donors (Lipinski definition) is 0. The maximum atomic E-state index is 5.50. The molecule has 0 N–H and O–H groups in total. The average Bonchev–Trinajstić information content (AvgIpc) is 2.21. The Labute approximate surface area is 72.7 Å². The molecule has 0 saturated carbocycles. The second-order valence-electron chi connectivity index (χ2n) is 2.98. The summed E-state index contributed by atoms with van der Waals surface area (Å²) >= 11 is 0. The van der Waals surface area contributed by atoms with E-state index in [1.165, 1.54) is 12.8 Å². The molecule has 0 bridgehead atoms. The van der Waals surface area contributed by atoms with Gasteiger partial charge in [-0.05, 0) is 25.0 Å². The first kappa shape index (κ1) is 7.62. The highest BCUT2D eigenvalue weighted by Gasteiger charge is 2.10. The van der Waals surface area contributed by atoms with Crippen LogP contribution in [0, 0.1) is 0 Å². The van der Waals surface area contributed by atoms with Gasteiger partial charge in [0.1, 0.15) is 0 Å². The molecular weight excluding hydrogens is 150 g/mol. The third-order valence-corrected chi connectivity index (χ3v) is 2.05. The molecule has 2 heteroatoms. The molecule has 2 nitrogen and oxygen atoms in total. The molecule has 0 radical (unpaired) electrons. The molecule has 0 atom stereocenters. The number of para-hydroxylation sites is 1. The van der Waals surface area contributed by atoms with E-state index in [-0.39, 0.29) is 0 Å². The summed E-state index contributed by atoms with van der Waals surface area (Å²) in [5.74, 6) is 0. The van der Waals surface area contributed by atoms with Gasteiger partial charge in [-0.3, -0.25) is 9.90 Å². The van der Waals surface area contributed by atoms with Crippen LogP contribution >= 0.6 is 0 Å². The number of nitrogens with zero attached hydrogens (tertiary/aromatic N) is 1. The lowest BCUT2D eigenvalue weighted by molar-refractivity contribution is 0.0778. The minimum Gasteiger partial charge on any atom is -0.273 e. The summed E-state index contributed by atoms with van der Waals surface area (Å²) in [6.45, 7) is 1.87. The summed E-state index contributed by atoms with van der Waals surface area (Å²) in [7, 11) is 0. The molecule has 0 aliphatic carbocycles. The second-order valence-corrected chi connectivity index (χ2v) is 2.98. The first-order valence-electron chi connectivity index (χ1n) is 4.42. The minimum absolute atomic E-state index is 0.856. The van der Waals surface area contributed by atoms with E-state index in [1.807, 2.05) is 23.3 Å². The lowest BCUT2D eigenvalue weighted by Crippen LogP contribution is -2.29. The summed E-state index contributed by atoms with van der Waals surface area (Å²) in [4.78, 5) is 5.50. The molecule has 2 rings (SSSR count). The summed E-state index contributed by atoms with van der Waals surface area (Å²) in [6, 6.07) is 10.2. The summed E-state index contributed by atoms with van der Waals surface area (Å²) < 4.78 is 0. The summed E-state index contributed by atoms with van der Waals surface area (Å²) in [5, 5.41) is 1.98. The molecule has 1 saturated heterocycles. The Morgan fingerprint density at radius 1 is 1.08 bits per heavy atom. The molecule has 1 aliphatic heterocycles. The van der Waals surface area contributed by atoms with Gasteiger partial charge in [-0.2, -0.15) is 0 Å². The molecule has 0 unspecified atom stereocenters. The Bertz CT molecular complexity index is 229. The molecule has 0 amide bonds. The van der Waals surface area contributed by atoms with E-state index < -0.39 is 0 Å². The van der Waals surface area contributed by atoms with Gasteiger partial charge in [0.2, 0.25) is 0 Å². The Hall–Kier alpha value is -1.02. The zero-order chi connectivity index (χ0) is 8.23. The van der Waals surface area contributed by atoms with Crippen LogP contribution in [-0.4, -0.2) is 13.2 Å². The molecular formula is C10H13NO. The van der Waals surface area contributed by atoms with Gasteiger partial charge in [0.05, 0.1) is 12.3 Å². The van der Waals surface area contributed by atoms with Crippen LogP contribution in [-0.2, 0) is 4.84 Å². The third kappa shape index (κ3) is 1.59. The summed E-state index contributed by atoms with van der Waals surface area (Å²) in [6.07, 6.45) is 2.41. The Morgan fingerprint density at radius 3 is 2.58 bits per heavy atom. The second kappa shape index (κ2) is 3.59. The van der Waals surface area contributed by atoms with Crippen LogP contribution in [0.5, 0.6) is 0 Å². The number of hydrogen-bond acceptors (Lipinski definition) is 2. The lowest BCUT2D eigenvalue weighted by atomic mass is 10.2. The fourth-order valence-electron chi connectivity index (χ4n) is 1.39. The zero-order valence-corrected chi connectivity index (χ0v) is 7.07. The lowest BCUT2D eigenvalue weighted by Gasteiger charge is -2.27. The quantitative estimate of drug-likeness (QED) is 0.629. The van der Waals surface area contributed by atoms with E-state index in [0.717, 1.165) is 18.8 Å². The number of benzene rings is 1. The Balaban J connectivity index is 2.08.